The van der Waals surface area contributed by atoms with Gasteiger partial charge in [-0.05, 0) is 92.5 Å². The van der Waals surface area contributed by atoms with Crippen LogP contribution in [0.4, 0.5) is 18.9 Å². The van der Waals surface area contributed by atoms with Crippen LogP contribution in [0.2, 0.25) is 0 Å². The summed E-state index contributed by atoms with van der Waals surface area (Å²) in [5, 5.41) is 47.6. The molecule has 0 bridgehead atoms. The van der Waals surface area contributed by atoms with Crippen molar-refractivity contribution in [1.82, 2.24) is 9.88 Å². The molecule has 1 aromatic heterocycles. The second kappa shape index (κ2) is 20.3. The summed E-state index contributed by atoms with van der Waals surface area (Å²) in [5.74, 6) is -1.58. The summed E-state index contributed by atoms with van der Waals surface area (Å²) >= 11 is 0. The highest BCUT2D eigenvalue weighted by Crippen LogP contribution is 2.37. The smallest absolute Gasteiger partial charge is 0.416 e. The largest absolute Gasteiger partial charge is 0.493 e. The van der Waals surface area contributed by atoms with E-state index in [0.717, 1.165) is 71.5 Å². The van der Waals surface area contributed by atoms with E-state index in [1.165, 1.54) is 18.2 Å². The van der Waals surface area contributed by atoms with Gasteiger partial charge in [-0.3, -0.25) is 14.7 Å². The standard InChI is InChI=1S/C46H54F3N3O7/c1-30-13-14-31(27-52-21-18-35(28-52)51-41-12-5-8-33-26-50-20-17-38(33)41)23-44(30)58-22-19-32(45(56)57)7-3-2-4-11-39-40(43(55)25-42(39)54)16-15-36(53)29-59-37-10-6-9-34(24-37)46(47,48)49/h2,4-6,8-10,12-17,20,23-24,26,32,35-36,39-40,42-43,51,53-55H,3,7,11,18-19,21-22,25,27-29H2,1H3,(H,56,57)/b4-2-,16-15+/t32?,35-,36-,39-,40-,42+,43-/m1/s1. The lowest BCUT2D eigenvalue weighted by molar-refractivity contribution is -0.142. The van der Waals surface area contributed by atoms with Gasteiger partial charge in [0, 0.05) is 66.9 Å². The van der Waals surface area contributed by atoms with Crippen molar-refractivity contribution in [3.8, 4) is 11.5 Å². The molecule has 3 aromatic carbocycles. The summed E-state index contributed by atoms with van der Waals surface area (Å²) in [6, 6.07) is 19.2. The SMILES string of the molecule is Cc1ccc(CN2CC[C@@H](Nc3cccc4cnccc34)C2)cc1OCCC(CC/C=C\C[C@@H]1[C@@H](/C=C/[C@@H](O)COc2cccc(C(F)(F)F)c2)[C@H](O)C[C@@H]1O)C(=O)O. The molecule has 0 spiro atoms. The Labute approximate surface area is 343 Å². The lowest BCUT2D eigenvalue weighted by atomic mass is 9.89. The van der Waals surface area contributed by atoms with Crippen LogP contribution in [0.25, 0.3) is 10.8 Å². The minimum absolute atomic E-state index is 0.0305. The zero-order valence-corrected chi connectivity index (χ0v) is 33.2. The number of aryl methyl sites for hydroxylation is 1. The summed E-state index contributed by atoms with van der Waals surface area (Å²) in [4.78, 5) is 18.8. The van der Waals surface area contributed by atoms with Crippen LogP contribution in [-0.2, 0) is 17.5 Å². The third-order valence-corrected chi connectivity index (χ3v) is 11.4. The van der Waals surface area contributed by atoms with Crippen molar-refractivity contribution in [2.24, 2.45) is 17.8 Å². The quantitative estimate of drug-likeness (QED) is 0.0595. The Morgan fingerprint density at radius 2 is 1.86 bits per heavy atom. The van der Waals surface area contributed by atoms with E-state index in [-0.39, 0.29) is 31.3 Å². The first-order valence-corrected chi connectivity index (χ1v) is 20.3. The minimum Gasteiger partial charge on any atom is -0.493 e. The molecular weight excluding hydrogens is 764 g/mol. The summed E-state index contributed by atoms with van der Waals surface area (Å²) in [6.45, 7) is 4.63. The van der Waals surface area contributed by atoms with Crippen molar-refractivity contribution >= 4 is 22.4 Å². The second-order valence-corrected chi connectivity index (χ2v) is 15.7. The number of allylic oxidation sites excluding steroid dienone is 2. The Hall–Kier alpha value is -4.95. The van der Waals surface area contributed by atoms with Gasteiger partial charge >= 0.3 is 12.1 Å². The molecule has 2 aliphatic rings. The molecule has 1 saturated carbocycles. The zero-order chi connectivity index (χ0) is 41.9. The maximum Gasteiger partial charge on any atom is 0.416 e. The molecular formula is C46H54F3N3O7. The third kappa shape index (κ3) is 12.3. The van der Waals surface area contributed by atoms with Crippen molar-refractivity contribution in [3.63, 3.8) is 0 Å². The van der Waals surface area contributed by atoms with Gasteiger partial charge in [0.15, 0.2) is 0 Å². The van der Waals surface area contributed by atoms with Crippen molar-refractivity contribution in [1.29, 1.82) is 0 Å². The van der Waals surface area contributed by atoms with E-state index < -0.39 is 47.9 Å². The molecule has 0 amide bonds. The number of ether oxygens (including phenoxy) is 2. The number of likely N-dealkylation sites (tertiary alicyclic amines) is 1. The van der Waals surface area contributed by atoms with Gasteiger partial charge in [0.25, 0.3) is 0 Å². The zero-order valence-electron chi connectivity index (χ0n) is 33.2. The minimum atomic E-state index is -4.52. The van der Waals surface area contributed by atoms with Crippen LogP contribution in [-0.4, -0.2) is 86.9 Å². The Kier molecular flexibility index (Phi) is 15.0. The van der Waals surface area contributed by atoms with Crippen molar-refractivity contribution in [3.05, 3.63) is 120 Å². The molecule has 13 heteroatoms. The average molecular weight is 818 g/mol. The summed E-state index contributed by atoms with van der Waals surface area (Å²) in [5.41, 5.74) is 2.39. The van der Waals surface area contributed by atoms with Crippen LogP contribution in [0, 0.1) is 24.7 Å². The first-order valence-electron chi connectivity index (χ1n) is 20.3. The number of aliphatic hydroxyl groups is 3. The molecule has 2 fully saturated rings. The molecule has 59 heavy (non-hydrogen) atoms. The molecule has 1 aliphatic carbocycles. The van der Waals surface area contributed by atoms with Crippen molar-refractivity contribution < 1.29 is 47.9 Å². The Morgan fingerprint density at radius 3 is 2.68 bits per heavy atom. The van der Waals surface area contributed by atoms with E-state index in [4.69, 9.17) is 9.47 Å². The van der Waals surface area contributed by atoms with Crippen LogP contribution in [0.15, 0.2) is 103 Å². The van der Waals surface area contributed by atoms with Crippen LogP contribution in [0.1, 0.15) is 55.2 Å². The number of pyridine rings is 1. The van der Waals surface area contributed by atoms with Gasteiger partial charge in [-0.1, -0.05) is 54.6 Å². The van der Waals surface area contributed by atoms with Crippen LogP contribution in [0.5, 0.6) is 11.5 Å². The topological polar surface area (TPSA) is 145 Å². The Morgan fingerprint density at radius 1 is 1.03 bits per heavy atom. The number of carbonyl (C=O) groups is 1. The van der Waals surface area contributed by atoms with Crippen molar-refractivity contribution in [2.45, 2.75) is 82.5 Å². The predicted octanol–water partition coefficient (Wildman–Crippen LogP) is 7.80. The first-order chi connectivity index (χ1) is 28.3. The highest BCUT2D eigenvalue weighted by Gasteiger charge is 2.39. The number of anilines is 1. The number of hydrogen-bond acceptors (Lipinski definition) is 9. The van der Waals surface area contributed by atoms with Gasteiger partial charge in [0.05, 0.1) is 30.3 Å². The van der Waals surface area contributed by atoms with E-state index in [0.29, 0.717) is 31.7 Å². The van der Waals surface area contributed by atoms with Gasteiger partial charge in [0.2, 0.25) is 0 Å². The fourth-order valence-corrected chi connectivity index (χ4v) is 8.05. The van der Waals surface area contributed by atoms with E-state index in [1.54, 1.807) is 6.08 Å². The Balaban J connectivity index is 0.923. The number of halogens is 3. The van der Waals surface area contributed by atoms with Gasteiger partial charge in [-0.25, -0.2) is 0 Å². The molecule has 1 saturated heterocycles. The summed E-state index contributed by atoms with van der Waals surface area (Å²) in [7, 11) is 0. The number of fused-ring (bicyclic) bond motifs is 1. The van der Waals surface area contributed by atoms with Gasteiger partial charge in [-0.15, -0.1) is 0 Å². The fraction of sp³-hybridized carbons (Fsp3) is 0.435. The normalized spacial score (nSPS) is 22.3. The van der Waals surface area contributed by atoms with Gasteiger partial charge in [-0.2, -0.15) is 13.2 Å². The highest BCUT2D eigenvalue weighted by atomic mass is 19.4. The van der Waals surface area contributed by atoms with Crippen LogP contribution in [0.3, 0.4) is 0 Å². The Bertz CT molecular complexity index is 2050. The molecule has 7 atom stereocenters. The molecule has 316 valence electrons. The average Bonchev–Trinajstić information content (AvgIpc) is 3.76. The maximum atomic E-state index is 13.0. The molecule has 0 radical (unpaired) electrons. The van der Waals surface area contributed by atoms with Crippen LogP contribution >= 0.6 is 0 Å². The predicted molar refractivity (Wildman–Crippen MR) is 220 cm³/mol. The monoisotopic (exact) mass is 817 g/mol. The van der Waals surface area contributed by atoms with E-state index in [2.05, 4.69) is 39.5 Å². The number of hydrogen-bond donors (Lipinski definition) is 5. The molecule has 1 aliphatic heterocycles. The number of aliphatic carboxylic acids is 1. The number of nitrogens with zero attached hydrogens (tertiary/aromatic N) is 2. The van der Waals surface area contributed by atoms with Crippen LogP contribution < -0.4 is 14.8 Å². The lowest BCUT2D eigenvalue weighted by Crippen LogP contribution is -2.26. The number of aliphatic hydroxyl groups excluding tert-OH is 3. The molecule has 1 unspecified atom stereocenters. The van der Waals surface area contributed by atoms with E-state index in [1.807, 2.05) is 49.7 Å². The molecule has 4 aromatic rings. The summed E-state index contributed by atoms with van der Waals surface area (Å²) in [6.07, 6.45) is 6.09. The first kappa shape index (κ1) is 43.6. The van der Waals surface area contributed by atoms with Crippen molar-refractivity contribution in [2.75, 3.05) is 31.6 Å². The molecule has 5 N–H and O–H groups in total. The number of alkyl halides is 3. The lowest BCUT2D eigenvalue weighted by Gasteiger charge is -2.20. The molecule has 2 heterocycles. The number of rotatable bonds is 19. The maximum absolute atomic E-state index is 13.0. The number of aromatic nitrogens is 1. The van der Waals surface area contributed by atoms with Gasteiger partial charge < -0.3 is 35.2 Å². The molecule has 10 nitrogen and oxygen atoms in total. The molecule has 6 rings (SSSR count). The number of nitrogens with one attached hydrogen (secondary N) is 1. The van der Waals surface area contributed by atoms with Gasteiger partial charge in [0.1, 0.15) is 24.2 Å². The third-order valence-electron chi connectivity index (χ3n) is 11.4. The number of benzene rings is 3. The number of carboxylic acids is 1. The number of carboxylic acid groups (broad SMARTS) is 1. The fourth-order valence-electron chi connectivity index (χ4n) is 8.05. The second-order valence-electron chi connectivity index (χ2n) is 15.7. The van der Waals surface area contributed by atoms with E-state index >= 15 is 0 Å². The van der Waals surface area contributed by atoms with E-state index in [9.17, 15) is 38.4 Å². The summed E-state index contributed by atoms with van der Waals surface area (Å²) < 4.78 is 50.5. The highest BCUT2D eigenvalue weighted by molar-refractivity contribution is 5.93.